The average molecular weight is 284 g/mol. The van der Waals surface area contributed by atoms with Crippen molar-refractivity contribution < 1.29 is 14.3 Å². The molecule has 1 amide bonds. The van der Waals surface area contributed by atoms with Crippen molar-refractivity contribution in [2.75, 3.05) is 20.2 Å². The van der Waals surface area contributed by atoms with Crippen LogP contribution in [-0.2, 0) is 14.3 Å². The molecule has 2 unspecified atom stereocenters. The first kappa shape index (κ1) is 15.7. The van der Waals surface area contributed by atoms with Gasteiger partial charge in [0.15, 0.2) is 0 Å². The number of hydrogen-bond acceptors (Lipinski definition) is 4. The van der Waals surface area contributed by atoms with Gasteiger partial charge in [0.1, 0.15) is 6.10 Å². The van der Waals surface area contributed by atoms with Crippen LogP contribution in [0.4, 0.5) is 0 Å². The molecule has 5 heteroatoms. The molecule has 5 nitrogen and oxygen atoms in total. The Kier molecular flexibility index (Phi) is 4.72. The maximum absolute atomic E-state index is 12.5. The third kappa shape index (κ3) is 2.71. The summed E-state index contributed by atoms with van der Waals surface area (Å²) in [6.07, 6.45) is 2.56. The Labute approximate surface area is 121 Å². The zero-order chi connectivity index (χ0) is 14.9. The molecule has 0 bridgehead atoms. The summed E-state index contributed by atoms with van der Waals surface area (Å²) in [4.78, 5) is 14.4. The molecule has 2 rings (SSSR count). The van der Waals surface area contributed by atoms with Crippen LogP contribution in [0.15, 0.2) is 0 Å². The van der Waals surface area contributed by atoms with Crippen LogP contribution in [0, 0.1) is 5.41 Å². The lowest BCUT2D eigenvalue weighted by atomic mass is 9.63. The van der Waals surface area contributed by atoms with E-state index in [0.29, 0.717) is 6.54 Å². The molecule has 0 spiro atoms. The highest BCUT2D eigenvalue weighted by Gasteiger charge is 2.52. The highest BCUT2D eigenvalue weighted by Crippen LogP contribution is 2.45. The fourth-order valence-corrected chi connectivity index (χ4v) is 3.45. The second-order valence-electron chi connectivity index (χ2n) is 6.53. The number of hydrogen-bond donors (Lipinski definition) is 1. The number of carbonyl (C=O) groups is 1. The van der Waals surface area contributed by atoms with Crippen molar-refractivity contribution in [3.8, 4) is 0 Å². The number of nitrogens with zero attached hydrogens (tertiary/aromatic N) is 1. The molecular formula is C15H28N2O3. The van der Waals surface area contributed by atoms with Gasteiger partial charge in [-0.05, 0) is 26.2 Å². The number of ether oxygens (including phenoxy) is 2. The van der Waals surface area contributed by atoms with E-state index in [1.807, 2.05) is 18.9 Å². The Balaban J connectivity index is 1.92. The van der Waals surface area contributed by atoms with Crippen molar-refractivity contribution in [3.05, 3.63) is 0 Å². The lowest BCUT2D eigenvalue weighted by Crippen LogP contribution is -2.63. The molecule has 20 heavy (non-hydrogen) atoms. The Bertz CT molecular complexity index is 359. The standard InChI is InChI=1S/C15H28N2O3/c1-5-19-13-8-12(15(13,2)3)17(4)14(18)11-7-6-10(9-16)20-11/h10-13H,5-9,16H2,1-4H3/t10-,11+,12?,13?/m1/s1. The van der Waals surface area contributed by atoms with Crippen LogP contribution >= 0.6 is 0 Å². The molecule has 1 saturated carbocycles. The highest BCUT2D eigenvalue weighted by molar-refractivity contribution is 5.81. The molecule has 0 aromatic rings. The molecule has 1 heterocycles. The minimum absolute atomic E-state index is 0.00624. The van der Waals surface area contributed by atoms with Crippen LogP contribution in [-0.4, -0.2) is 55.4 Å². The quantitative estimate of drug-likeness (QED) is 0.822. The van der Waals surface area contributed by atoms with Gasteiger partial charge < -0.3 is 20.1 Å². The summed E-state index contributed by atoms with van der Waals surface area (Å²) in [5, 5.41) is 0. The summed E-state index contributed by atoms with van der Waals surface area (Å²) in [6.45, 7) is 7.57. The van der Waals surface area contributed by atoms with Crippen molar-refractivity contribution >= 4 is 5.91 Å². The van der Waals surface area contributed by atoms with Gasteiger partial charge in [-0.15, -0.1) is 0 Å². The van der Waals surface area contributed by atoms with E-state index in [0.717, 1.165) is 25.9 Å². The van der Waals surface area contributed by atoms with Gasteiger partial charge in [0.05, 0.1) is 12.2 Å². The van der Waals surface area contributed by atoms with Crippen molar-refractivity contribution in [2.24, 2.45) is 11.1 Å². The van der Waals surface area contributed by atoms with Gasteiger partial charge in [0.2, 0.25) is 0 Å². The average Bonchev–Trinajstić information content (AvgIpc) is 2.90. The van der Waals surface area contributed by atoms with Crippen LogP contribution in [0.2, 0.25) is 0 Å². The highest BCUT2D eigenvalue weighted by atomic mass is 16.5. The van der Waals surface area contributed by atoms with Gasteiger partial charge in [-0.25, -0.2) is 0 Å². The smallest absolute Gasteiger partial charge is 0.251 e. The number of nitrogens with two attached hydrogens (primary N) is 1. The second kappa shape index (κ2) is 6.00. The molecule has 2 fully saturated rings. The van der Waals surface area contributed by atoms with Crippen LogP contribution in [0.5, 0.6) is 0 Å². The molecule has 116 valence electrons. The van der Waals surface area contributed by atoms with Crippen LogP contribution < -0.4 is 5.73 Å². The largest absolute Gasteiger partial charge is 0.378 e. The minimum atomic E-state index is -0.310. The van der Waals surface area contributed by atoms with Crippen molar-refractivity contribution in [3.63, 3.8) is 0 Å². The van der Waals surface area contributed by atoms with Gasteiger partial charge in [0, 0.05) is 31.7 Å². The lowest BCUT2D eigenvalue weighted by Gasteiger charge is -2.55. The SMILES string of the molecule is CCOC1CC(N(C)C(=O)[C@@H]2CC[C@H](CN)O2)C1(C)C. The van der Waals surface area contributed by atoms with E-state index >= 15 is 0 Å². The lowest BCUT2D eigenvalue weighted by molar-refractivity contribution is -0.170. The first-order valence-corrected chi connectivity index (χ1v) is 7.65. The zero-order valence-electron chi connectivity index (χ0n) is 13.1. The van der Waals surface area contributed by atoms with Crippen molar-refractivity contribution in [1.29, 1.82) is 0 Å². The van der Waals surface area contributed by atoms with Gasteiger partial charge >= 0.3 is 0 Å². The van der Waals surface area contributed by atoms with Gasteiger partial charge in [-0.2, -0.15) is 0 Å². The van der Waals surface area contributed by atoms with E-state index in [2.05, 4.69) is 13.8 Å². The maximum atomic E-state index is 12.5. The monoisotopic (exact) mass is 284 g/mol. The Morgan fingerprint density at radius 1 is 1.45 bits per heavy atom. The first-order chi connectivity index (χ1) is 9.41. The topological polar surface area (TPSA) is 64.8 Å². The fraction of sp³-hybridized carbons (Fsp3) is 0.933. The number of rotatable bonds is 5. The summed E-state index contributed by atoms with van der Waals surface area (Å²) in [5.74, 6) is 0.0916. The third-order valence-corrected chi connectivity index (χ3v) is 4.95. The predicted octanol–water partition coefficient (Wildman–Crippen LogP) is 1.15. The normalized spacial score (nSPS) is 35.6. The minimum Gasteiger partial charge on any atom is -0.378 e. The van der Waals surface area contributed by atoms with Crippen molar-refractivity contribution in [2.45, 2.75) is 64.4 Å². The molecule has 2 N–H and O–H groups in total. The van der Waals surface area contributed by atoms with E-state index in [4.69, 9.17) is 15.2 Å². The number of likely N-dealkylation sites (N-methyl/N-ethyl adjacent to an activating group) is 1. The van der Waals surface area contributed by atoms with Gasteiger partial charge in [-0.1, -0.05) is 13.8 Å². The van der Waals surface area contributed by atoms with Crippen LogP contribution in [0.3, 0.4) is 0 Å². The van der Waals surface area contributed by atoms with Crippen LogP contribution in [0.25, 0.3) is 0 Å². The Hall–Kier alpha value is -0.650. The second-order valence-corrected chi connectivity index (χ2v) is 6.53. The predicted molar refractivity (Wildman–Crippen MR) is 77.3 cm³/mol. The van der Waals surface area contributed by atoms with E-state index in [1.165, 1.54) is 0 Å². The first-order valence-electron chi connectivity index (χ1n) is 7.65. The summed E-state index contributed by atoms with van der Waals surface area (Å²) < 4.78 is 11.4. The summed E-state index contributed by atoms with van der Waals surface area (Å²) in [7, 11) is 1.88. The van der Waals surface area contributed by atoms with Crippen LogP contribution in [0.1, 0.15) is 40.0 Å². The van der Waals surface area contributed by atoms with Gasteiger partial charge in [-0.3, -0.25) is 4.79 Å². The Morgan fingerprint density at radius 3 is 2.65 bits per heavy atom. The summed E-state index contributed by atoms with van der Waals surface area (Å²) >= 11 is 0. The molecule has 1 aliphatic heterocycles. The van der Waals surface area contributed by atoms with Gasteiger partial charge in [0.25, 0.3) is 5.91 Å². The number of carbonyl (C=O) groups excluding carboxylic acids is 1. The van der Waals surface area contributed by atoms with E-state index in [9.17, 15) is 4.79 Å². The molecule has 4 atom stereocenters. The van der Waals surface area contributed by atoms with Crippen molar-refractivity contribution in [1.82, 2.24) is 4.90 Å². The van der Waals surface area contributed by atoms with E-state index in [1.54, 1.807) is 0 Å². The fourth-order valence-electron chi connectivity index (χ4n) is 3.45. The molecule has 2 aliphatic rings. The maximum Gasteiger partial charge on any atom is 0.251 e. The van der Waals surface area contributed by atoms with E-state index in [-0.39, 0.29) is 35.7 Å². The Morgan fingerprint density at radius 2 is 2.15 bits per heavy atom. The zero-order valence-corrected chi connectivity index (χ0v) is 13.1. The summed E-state index contributed by atoms with van der Waals surface area (Å²) in [6, 6.07) is 0.229. The molecule has 0 aromatic carbocycles. The molecule has 1 aliphatic carbocycles. The summed E-state index contributed by atoms with van der Waals surface area (Å²) in [5.41, 5.74) is 5.60. The molecule has 0 aromatic heterocycles. The van der Waals surface area contributed by atoms with E-state index < -0.39 is 0 Å². The molecular weight excluding hydrogens is 256 g/mol. The molecule has 0 radical (unpaired) electrons. The third-order valence-electron chi connectivity index (χ3n) is 4.95. The molecule has 1 saturated heterocycles. The number of amides is 1.